The van der Waals surface area contributed by atoms with Crippen LogP contribution in [0.2, 0.25) is 0 Å². The van der Waals surface area contributed by atoms with Gasteiger partial charge in [-0.05, 0) is 18.1 Å². The lowest BCUT2D eigenvalue weighted by Gasteiger charge is -2.33. The van der Waals surface area contributed by atoms with Crippen LogP contribution >= 0.6 is 0 Å². The summed E-state index contributed by atoms with van der Waals surface area (Å²) in [6.07, 6.45) is 7.11. The molecular weight excluding hydrogens is 394 g/mol. The van der Waals surface area contributed by atoms with Gasteiger partial charge in [-0.2, -0.15) is 4.98 Å². The Labute approximate surface area is 169 Å². The highest BCUT2D eigenvalue weighted by atomic mass is 32.2. The number of sulfonamides is 1. The van der Waals surface area contributed by atoms with E-state index in [4.69, 9.17) is 4.74 Å². The Morgan fingerprint density at radius 2 is 2.03 bits per heavy atom. The van der Waals surface area contributed by atoms with E-state index >= 15 is 0 Å². The molecule has 9 nitrogen and oxygen atoms in total. The molecule has 1 aliphatic carbocycles. The smallest absolute Gasteiger partial charge is 0.269 e. The summed E-state index contributed by atoms with van der Waals surface area (Å²) in [5.74, 6) is 1.38. The highest BCUT2D eigenvalue weighted by Gasteiger charge is 2.35. The summed E-state index contributed by atoms with van der Waals surface area (Å²) in [5.41, 5.74) is 0.423. The molecule has 156 valence electrons. The molecule has 0 spiro atoms. The molecule has 0 unspecified atom stereocenters. The first kappa shape index (κ1) is 19.7. The van der Waals surface area contributed by atoms with Gasteiger partial charge in [-0.1, -0.05) is 44.2 Å². The summed E-state index contributed by atoms with van der Waals surface area (Å²) in [6.45, 7) is -0.110. The fourth-order valence-corrected chi connectivity index (χ4v) is 4.87. The monoisotopic (exact) mass is 419 g/mol. The molecule has 10 heteroatoms. The quantitative estimate of drug-likeness (QED) is 0.766. The normalized spacial score (nSPS) is 20.0. The van der Waals surface area contributed by atoms with Crippen molar-refractivity contribution in [3.63, 3.8) is 0 Å². The number of ether oxygens (including phenoxy) is 1. The summed E-state index contributed by atoms with van der Waals surface area (Å²) in [5, 5.41) is 9.59. The first-order valence-electron chi connectivity index (χ1n) is 9.85. The van der Waals surface area contributed by atoms with E-state index in [9.17, 15) is 13.2 Å². The number of aromatic amines is 1. The van der Waals surface area contributed by atoms with Crippen LogP contribution in [0.4, 0.5) is 11.6 Å². The second-order valence-electron chi connectivity index (χ2n) is 7.67. The van der Waals surface area contributed by atoms with Gasteiger partial charge in [-0.3, -0.25) is 19.5 Å². The zero-order valence-corrected chi connectivity index (χ0v) is 17.1. The van der Waals surface area contributed by atoms with Crippen molar-refractivity contribution in [3.8, 4) is 5.75 Å². The molecule has 1 aromatic heterocycles. The summed E-state index contributed by atoms with van der Waals surface area (Å²) in [4.78, 5) is 17.1. The Morgan fingerprint density at radius 3 is 2.79 bits per heavy atom. The number of nitrogens with one attached hydrogen (secondary N) is 2. The number of amides is 1. The maximum Gasteiger partial charge on any atom is 0.269 e. The average molecular weight is 420 g/mol. The third-order valence-corrected chi connectivity index (χ3v) is 6.55. The van der Waals surface area contributed by atoms with Crippen LogP contribution in [-0.4, -0.2) is 48.4 Å². The van der Waals surface area contributed by atoms with Crippen molar-refractivity contribution in [1.82, 2.24) is 15.2 Å². The van der Waals surface area contributed by atoms with Crippen molar-refractivity contribution in [2.24, 2.45) is 5.92 Å². The maximum atomic E-state index is 12.7. The highest BCUT2D eigenvalue weighted by Crippen LogP contribution is 2.34. The molecule has 1 amide bonds. The molecule has 2 aliphatic rings. The van der Waals surface area contributed by atoms with E-state index in [-0.39, 0.29) is 12.5 Å². The Morgan fingerprint density at radius 1 is 1.28 bits per heavy atom. The lowest BCUT2D eigenvalue weighted by atomic mass is 9.87. The number of aromatic nitrogens is 3. The van der Waals surface area contributed by atoms with Crippen LogP contribution in [0.15, 0.2) is 24.3 Å². The van der Waals surface area contributed by atoms with E-state index in [1.165, 1.54) is 36.4 Å². The number of benzene rings is 1. The van der Waals surface area contributed by atoms with E-state index in [0.29, 0.717) is 17.4 Å². The van der Waals surface area contributed by atoms with Crippen LogP contribution in [0.3, 0.4) is 0 Å². The van der Waals surface area contributed by atoms with Gasteiger partial charge in [0.2, 0.25) is 16.0 Å². The van der Waals surface area contributed by atoms with Crippen molar-refractivity contribution in [2.45, 2.75) is 44.6 Å². The molecule has 2 aromatic rings. The summed E-state index contributed by atoms with van der Waals surface area (Å²) in [7, 11) is -3.55. The van der Waals surface area contributed by atoms with E-state index in [2.05, 4.69) is 20.5 Å². The lowest BCUT2D eigenvalue weighted by molar-refractivity contribution is -0.122. The molecule has 0 saturated heterocycles. The predicted octanol–water partition coefficient (Wildman–Crippen LogP) is 2.09. The molecule has 1 saturated carbocycles. The first-order valence-corrected chi connectivity index (χ1v) is 11.7. The van der Waals surface area contributed by atoms with Gasteiger partial charge in [0.1, 0.15) is 11.6 Å². The minimum Gasteiger partial charge on any atom is -0.476 e. The molecule has 1 fully saturated rings. The standard InChI is InChI=1S/C19H25N5O4S/c1-29(26,27)24-12-16(28-15-10-6-5-9-14(15)24)18(25)21-19-20-17(22-23-19)11-13-7-3-2-4-8-13/h5-6,9-10,13,16H,2-4,7-8,11-12H2,1H3,(H2,20,21,22,23,25)/t16-/m0/s1. The van der Waals surface area contributed by atoms with Gasteiger partial charge >= 0.3 is 0 Å². The second-order valence-corrected chi connectivity index (χ2v) is 9.58. The van der Waals surface area contributed by atoms with Crippen LogP contribution in [0.5, 0.6) is 5.75 Å². The molecule has 1 atom stereocenters. The molecule has 4 rings (SSSR count). The number of para-hydroxylation sites is 2. The van der Waals surface area contributed by atoms with E-state index in [1.54, 1.807) is 24.3 Å². The Bertz CT molecular complexity index is 984. The van der Waals surface area contributed by atoms with Gasteiger partial charge in [0.25, 0.3) is 5.91 Å². The number of H-pyrrole nitrogens is 1. The summed E-state index contributed by atoms with van der Waals surface area (Å²) < 4.78 is 31.3. The molecule has 1 aliphatic heterocycles. The van der Waals surface area contributed by atoms with Crippen molar-refractivity contribution in [1.29, 1.82) is 0 Å². The first-order chi connectivity index (χ1) is 13.9. The molecule has 29 heavy (non-hydrogen) atoms. The number of fused-ring (bicyclic) bond motifs is 1. The largest absolute Gasteiger partial charge is 0.476 e. The number of carbonyl (C=O) groups is 1. The highest BCUT2D eigenvalue weighted by molar-refractivity contribution is 7.92. The lowest BCUT2D eigenvalue weighted by Crippen LogP contribution is -2.48. The summed E-state index contributed by atoms with van der Waals surface area (Å²) >= 11 is 0. The van der Waals surface area contributed by atoms with Crippen LogP contribution in [0.25, 0.3) is 0 Å². The third-order valence-electron chi connectivity index (χ3n) is 5.40. The van der Waals surface area contributed by atoms with E-state index < -0.39 is 22.0 Å². The average Bonchev–Trinajstić information content (AvgIpc) is 3.13. The molecule has 1 aromatic carbocycles. The number of hydrogen-bond donors (Lipinski definition) is 2. The Balaban J connectivity index is 1.44. The Hall–Kier alpha value is -2.62. The fourth-order valence-electron chi connectivity index (χ4n) is 3.95. The maximum absolute atomic E-state index is 12.7. The fraction of sp³-hybridized carbons (Fsp3) is 0.526. The number of rotatable bonds is 5. The van der Waals surface area contributed by atoms with E-state index in [1.807, 2.05) is 0 Å². The third kappa shape index (κ3) is 4.52. The molecular formula is C19H25N5O4S. The Kier molecular flexibility index (Phi) is 5.44. The molecule has 0 bridgehead atoms. The van der Waals surface area contributed by atoms with Crippen LogP contribution in [0, 0.1) is 5.92 Å². The SMILES string of the molecule is CS(=O)(=O)N1C[C@@H](C(=O)Nc2n[nH]c(CC3CCCCC3)n2)Oc2ccccc21. The second kappa shape index (κ2) is 8.02. The van der Waals surface area contributed by atoms with Crippen molar-refractivity contribution in [2.75, 3.05) is 22.4 Å². The van der Waals surface area contributed by atoms with Crippen molar-refractivity contribution in [3.05, 3.63) is 30.1 Å². The zero-order valence-electron chi connectivity index (χ0n) is 16.3. The predicted molar refractivity (Wildman–Crippen MR) is 108 cm³/mol. The van der Waals surface area contributed by atoms with Crippen molar-refractivity contribution < 1.29 is 17.9 Å². The van der Waals surface area contributed by atoms with Gasteiger partial charge in [0.05, 0.1) is 18.5 Å². The van der Waals surface area contributed by atoms with Gasteiger partial charge in [0, 0.05) is 6.42 Å². The van der Waals surface area contributed by atoms with Gasteiger partial charge in [-0.15, -0.1) is 5.10 Å². The van der Waals surface area contributed by atoms with Gasteiger partial charge < -0.3 is 4.74 Å². The molecule has 2 heterocycles. The van der Waals surface area contributed by atoms with Crippen molar-refractivity contribution >= 4 is 27.6 Å². The van der Waals surface area contributed by atoms with Crippen LogP contribution in [-0.2, 0) is 21.2 Å². The molecule has 0 radical (unpaired) electrons. The number of hydrogen-bond acceptors (Lipinski definition) is 6. The topological polar surface area (TPSA) is 117 Å². The van der Waals surface area contributed by atoms with Crippen LogP contribution < -0.4 is 14.4 Å². The zero-order chi connectivity index (χ0) is 20.4. The number of carbonyl (C=O) groups excluding carboxylic acids is 1. The number of nitrogens with zero attached hydrogens (tertiary/aromatic N) is 3. The molecule has 2 N–H and O–H groups in total. The van der Waals surface area contributed by atoms with Gasteiger partial charge in [0.15, 0.2) is 6.10 Å². The van der Waals surface area contributed by atoms with E-state index in [0.717, 1.165) is 18.5 Å². The van der Waals surface area contributed by atoms with Crippen LogP contribution in [0.1, 0.15) is 37.9 Å². The summed E-state index contributed by atoms with van der Waals surface area (Å²) in [6, 6.07) is 6.74. The minimum absolute atomic E-state index is 0.110. The number of anilines is 2. The van der Waals surface area contributed by atoms with Gasteiger partial charge in [-0.25, -0.2) is 8.42 Å². The minimum atomic E-state index is -3.55.